The quantitative estimate of drug-likeness (QED) is 0.667. The average molecular weight is 444 g/mol. The third-order valence-corrected chi connectivity index (χ3v) is 9.37. The summed E-state index contributed by atoms with van der Waals surface area (Å²) < 4.78 is 27.6. The van der Waals surface area contributed by atoms with Crippen molar-refractivity contribution in [1.29, 1.82) is 5.26 Å². The van der Waals surface area contributed by atoms with Crippen LogP contribution in [0.2, 0.25) is 0 Å². The molecule has 2 saturated carbocycles. The van der Waals surface area contributed by atoms with Crippen LogP contribution in [0.5, 0.6) is 0 Å². The zero-order chi connectivity index (χ0) is 22.0. The van der Waals surface area contributed by atoms with Crippen molar-refractivity contribution < 1.29 is 13.2 Å². The summed E-state index contributed by atoms with van der Waals surface area (Å²) in [6.07, 6.45) is 9.21. The normalized spacial score (nSPS) is 25.7. The second kappa shape index (κ2) is 9.30. The Labute approximate surface area is 186 Å². The molecule has 3 fully saturated rings. The molecule has 4 rings (SSSR count). The lowest BCUT2D eigenvalue weighted by molar-refractivity contribution is -0.140. The SMILES string of the molecule is CCC1CCC(N(C(=O)C2CCN(S(=O)(=O)c3ccccc3C#N)CC2)C2CC2)CC1. The second-order valence-electron chi connectivity index (χ2n) is 9.35. The van der Waals surface area contributed by atoms with Crippen LogP contribution in [0.15, 0.2) is 29.2 Å². The van der Waals surface area contributed by atoms with Crippen molar-refractivity contribution in [3.05, 3.63) is 29.8 Å². The highest BCUT2D eigenvalue weighted by molar-refractivity contribution is 7.89. The zero-order valence-electron chi connectivity index (χ0n) is 18.4. The van der Waals surface area contributed by atoms with Gasteiger partial charge in [0.05, 0.1) is 10.5 Å². The molecule has 0 spiro atoms. The Morgan fingerprint density at radius 2 is 1.61 bits per heavy atom. The van der Waals surface area contributed by atoms with E-state index in [4.69, 9.17) is 0 Å². The lowest BCUT2D eigenvalue weighted by Gasteiger charge is -2.40. The fourth-order valence-corrected chi connectivity index (χ4v) is 6.93. The molecule has 31 heavy (non-hydrogen) atoms. The number of hydrogen-bond donors (Lipinski definition) is 0. The van der Waals surface area contributed by atoms with Gasteiger partial charge in [0.25, 0.3) is 0 Å². The van der Waals surface area contributed by atoms with Crippen LogP contribution in [0, 0.1) is 23.2 Å². The minimum atomic E-state index is -3.72. The molecule has 0 N–H and O–H groups in total. The smallest absolute Gasteiger partial charge is 0.244 e. The number of carbonyl (C=O) groups is 1. The lowest BCUT2D eigenvalue weighted by Crippen LogP contribution is -2.49. The third-order valence-electron chi connectivity index (χ3n) is 7.41. The van der Waals surface area contributed by atoms with Crippen molar-refractivity contribution in [1.82, 2.24) is 9.21 Å². The van der Waals surface area contributed by atoms with Gasteiger partial charge >= 0.3 is 0 Å². The molecule has 168 valence electrons. The molecule has 1 aromatic carbocycles. The Balaban J connectivity index is 1.41. The van der Waals surface area contributed by atoms with Gasteiger partial charge in [-0.2, -0.15) is 9.57 Å². The number of benzene rings is 1. The van der Waals surface area contributed by atoms with Crippen LogP contribution < -0.4 is 0 Å². The largest absolute Gasteiger partial charge is 0.336 e. The molecule has 7 heteroatoms. The highest BCUT2D eigenvalue weighted by atomic mass is 32.2. The molecule has 0 radical (unpaired) electrons. The summed E-state index contributed by atoms with van der Waals surface area (Å²) in [6.45, 7) is 2.92. The Morgan fingerprint density at radius 3 is 2.16 bits per heavy atom. The van der Waals surface area contributed by atoms with Gasteiger partial charge in [-0.15, -0.1) is 0 Å². The summed E-state index contributed by atoms with van der Waals surface area (Å²) in [5, 5.41) is 9.29. The van der Waals surface area contributed by atoms with Crippen molar-refractivity contribution in [2.75, 3.05) is 13.1 Å². The van der Waals surface area contributed by atoms with E-state index < -0.39 is 10.0 Å². The van der Waals surface area contributed by atoms with Gasteiger partial charge in [-0.25, -0.2) is 8.42 Å². The molecule has 1 saturated heterocycles. The summed E-state index contributed by atoms with van der Waals surface area (Å²) in [5.41, 5.74) is 0.170. The van der Waals surface area contributed by atoms with Crippen LogP contribution in [0.4, 0.5) is 0 Å². The molecule has 1 heterocycles. The Morgan fingerprint density at radius 1 is 1.03 bits per heavy atom. The summed E-state index contributed by atoms with van der Waals surface area (Å²) in [5.74, 6) is 0.955. The summed E-state index contributed by atoms with van der Waals surface area (Å²) >= 11 is 0. The van der Waals surface area contributed by atoms with Crippen LogP contribution in [-0.4, -0.2) is 48.7 Å². The maximum Gasteiger partial charge on any atom is 0.244 e. The highest BCUT2D eigenvalue weighted by Gasteiger charge is 2.42. The average Bonchev–Trinajstić information content (AvgIpc) is 3.64. The van der Waals surface area contributed by atoms with E-state index >= 15 is 0 Å². The van der Waals surface area contributed by atoms with E-state index in [1.54, 1.807) is 12.1 Å². The standard InChI is InChI=1S/C24H33N3O3S/c1-2-18-7-9-21(10-8-18)27(22-11-12-22)24(28)19-13-15-26(16-14-19)31(29,30)23-6-4-3-5-20(23)17-25/h3-6,18-19,21-22H,2,7-16H2,1H3. The minimum Gasteiger partial charge on any atom is -0.336 e. The van der Waals surface area contributed by atoms with Gasteiger partial charge in [0.1, 0.15) is 6.07 Å². The first kappa shape index (κ1) is 22.3. The lowest BCUT2D eigenvalue weighted by atomic mass is 9.83. The predicted octanol–water partition coefficient (Wildman–Crippen LogP) is 3.92. The van der Waals surface area contributed by atoms with E-state index in [1.165, 1.54) is 35.7 Å². The fraction of sp³-hybridized carbons (Fsp3) is 0.667. The molecule has 2 aliphatic carbocycles. The number of carbonyl (C=O) groups excluding carboxylic acids is 1. The number of nitrogens with zero attached hydrogens (tertiary/aromatic N) is 3. The van der Waals surface area contributed by atoms with Gasteiger partial charge in [-0.3, -0.25) is 4.79 Å². The van der Waals surface area contributed by atoms with Gasteiger partial charge in [-0.1, -0.05) is 25.5 Å². The monoisotopic (exact) mass is 443 g/mol. The van der Waals surface area contributed by atoms with E-state index in [-0.39, 0.29) is 22.3 Å². The maximum atomic E-state index is 13.5. The summed E-state index contributed by atoms with van der Waals surface area (Å²) in [7, 11) is -3.72. The maximum absolute atomic E-state index is 13.5. The van der Waals surface area contributed by atoms with Gasteiger partial charge in [0, 0.05) is 31.1 Å². The molecular weight excluding hydrogens is 410 g/mol. The molecular formula is C24H33N3O3S. The zero-order valence-corrected chi connectivity index (χ0v) is 19.2. The second-order valence-corrected chi connectivity index (χ2v) is 11.3. The highest BCUT2D eigenvalue weighted by Crippen LogP contribution is 2.38. The van der Waals surface area contributed by atoms with E-state index in [0.717, 1.165) is 31.6 Å². The Kier molecular flexibility index (Phi) is 6.68. The molecule has 0 unspecified atom stereocenters. The number of hydrogen-bond acceptors (Lipinski definition) is 4. The summed E-state index contributed by atoms with van der Waals surface area (Å²) in [6, 6.07) is 9.09. The molecule has 1 amide bonds. The summed E-state index contributed by atoms with van der Waals surface area (Å²) in [4.78, 5) is 15.7. The van der Waals surface area contributed by atoms with E-state index in [0.29, 0.717) is 38.0 Å². The molecule has 0 bridgehead atoms. The minimum absolute atomic E-state index is 0.0644. The predicted molar refractivity (Wildman–Crippen MR) is 119 cm³/mol. The van der Waals surface area contributed by atoms with Gasteiger partial charge < -0.3 is 4.90 Å². The molecule has 1 aliphatic heterocycles. The number of rotatable bonds is 6. The van der Waals surface area contributed by atoms with Crippen LogP contribution in [-0.2, 0) is 14.8 Å². The fourth-order valence-electron chi connectivity index (χ4n) is 5.32. The van der Waals surface area contributed by atoms with Crippen molar-refractivity contribution in [3.8, 4) is 6.07 Å². The van der Waals surface area contributed by atoms with E-state index in [9.17, 15) is 18.5 Å². The van der Waals surface area contributed by atoms with Crippen molar-refractivity contribution in [2.24, 2.45) is 11.8 Å². The number of piperidine rings is 1. The first-order chi connectivity index (χ1) is 15.0. The van der Waals surface area contributed by atoms with Gasteiger partial charge in [-0.05, 0) is 69.4 Å². The van der Waals surface area contributed by atoms with Crippen LogP contribution in [0.1, 0.15) is 70.3 Å². The molecule has 6 nitrogen and oxygen atoms in total. The van der Waals surface area contributed by atoms with Crippen molar-refractivity contribution in [3.63, 3.8) is 0 Å². The van der Waals surface area contributed by atoms with Crippen molar-refractivity contribution in [2.45, 2.75) is 81.7 Å². The molecule has 3 aliphatic rings. The topological polar surface area (TPSA) is 81.5 Å². The Hall–Kier alpha value is -1.91. The number of nitriles is 1. The first-order valence-corrected chi connectivity index (χ1v) is 13.2. The van der Waals surface area contributed by atoms with Crippen molar-refractivity contribution >= 4 is 15.9 Å². The molecule has 0 aromatic heterocycles. The first-order valence-electron chi connectivity index (χ1n) is 11.8. The Bertz CT molecular complexity index is 935. The van der Waals surface area contributed by atoms with Gasteiger partial charge in [0.15, 0.2) is 0 Å². The van der Waals surface area contributed by atoms with E-state index in [2.05, 4.69) is 11.8 Å². The van der Waals surface area contributed by atoms with Crippen LogP contribution in [0.25, 0.3) is 0 Å². The number of amides is 1. The third kappa shape index (κ3) is 4.65. The molecule has 1 aromatic rings. The molecule has 0 atom stereocenters. The van der Waals surface area contributed by atoms with E-state index in [1.807, 2.05) is 6.07 Å². The van der Waals surface area contributed by atoms with Crippen LogP contribution in [0.3, 0.4) is 0 Å². The number of sulfonamides is 1. The van der Waals surface area contributed by atoms with Gasteiger partial charge in [0.2, 0.25) is 15.9 Å². The van der Waals surface area contributed by atoms with Crippen LogP contribution >= 0.6 is 0 Å².